The fourth-order valence-electron chi connectivity index (χ4n) is 2.74. The van der Waals surface area contributed by atoms with Crippen molar-refractivity contribution in [3.05, 3.63) is 15.9 Å². The third-order valence-electron chi connectivity index (χ3n) is 4.15. The quantitative estimate of drug-likeness (QED) is 0.924. The summed E-state index contributed by atoms with van der Waals surface area (Å²) in [6, 6.07) is 0.00509. The Labute approximate surface area is 123 Å². The molecule has 2 rings (SSSR count). The molecule has 2 heterocycles. The minimum absolute atomic E-state index is 0.00509. The van der Waals surface area contributed by atoms with Crippen LogP contribution in [0.3, 0.4) is 0 Å². The normalized spacial score (nSPS) is 25.5. The first kappa shape index (κ1) is 15.0. The highest BCUT2D eigenvalue weighted by Gasteiger charge is 2.35. The molecule has 19 heavy (non-hydrogen) atoms. The van der Waals surface area contributed by atoms with E-state index in [9.17, 15) is 0 Å². The lowest BCUT2D eigenvalue weighted by Gasteiger charge is -2.38. The second-order valence-corrected chi connectivity index (χ2v) is 6.38. The molecule has 2 unspecified atom stereocenters. The van der Waals surface area contributed by atoms with Crippen molar-refractivity contribution >= 4 is 15.9 Å². The lowest BCUT2D eigenvalue weighted by molar-refractivity contribution is -0.0811. The first-order valence-corrected chi connectivity index (χ1v) is 7.88. The van der Waals surface area contributed by atoms with Crippen LogP contribution in [0.5, 0.6) is 0 Å². The van der Waals surface area contributed by atoms with Gasteiger partial charge in [0.15, 0.2) is 0 Å². The lowest BCUT2D eigenvalue weighted by atomic mass is 9.86. The molecular weight excluding hydrogens is 306 g/mol. The van der Waals surface area contributed by atoms with E-state index < -0.39 is 0 Å². The number of aromatic nitrogens is 2. The minimum atomic E-state index is -0.200. The van der Waals surface area contributed by atoms with Crippen LogP contribution in [0.1, 0.15) is 44.5 Å². The van der Waals surface area contributed by atoms with Crippen molar-refractivity contribution in [3.63, 3.8) is 0 Å². The SMILES string of the molecule is CCn1nc(C)c(Br)c1CC(N)C1(C)CCCCO1. The van der Waals surface area contributed by atoms with Crippen LogP contribution in [0.4, 0.5) is 0 Å². The summed E-state index contributed by atoms with van der Waals surface area (Å²) in [7, 11) is 0. The van der Waals surface area contributed by atoms with Crippen molar-refractivity contribution in [1.29, 1.82) is 0 Å². The van der Waals surface area contributed by atoms with Crippen LogP contribution in [0.15, 0.2) is 4.47 Å². The summed E-state index contributed by atoms with van der Waals surface area (Å²) in [5, 5.41) is 4.52. The molecule has 108 valence electrons. The van der Waals surface area contributed by atoms with Gasteiger partial charge in [0.1, 0.15) is 0 Å². The predicted molar refractivity (Wildman–Crippen MR) is 80.2 cm³/mol. The maximum absolute atomic E-state index is 6.43. The third kappa shape index (κ3) is 3.03. The fourth-order valence-corrected chi connectivity index (χ4v) is 3.18. The third-order valence-corrected chi connectivity index (χ3v) is 5.18. The molecule has 1 saturated heterocycles. The van der Waals surface area contributed by atoms with Crippen molar-refractivity contribution in [2.24, 2.45) is 5.73 Å². The number of hydrogen-bond donors (Lipinski definition) is 1. The van der Waals surface area contributed by atoms with E-state index in [4.69, 9.17) is 10.5 Å². The van der Waals surface area contributed by atoms with E-state index >= 15 is 0 Å². The van der Waals surface area contributed by atoms with Gasteiger partial charge in [-0.1, -0.05) is 0 Å². The highest BCUT2D eigenvalue weighted by atomic mass is 79.9. The van der Waals surface area contributed by atoms with Crippen molar-refractivity contribution < 1.29 is 4.74 Å². The van der Waals surface area contributed by atoms with Crippen LogP contribution in [0, 0.1) is 6.92 Å². The first-order chi connectivity index (χ1) is 8.98. The highest BCUT2D eigenvalue weighted by Crippen LogP contribution is 2.30. The number of ether oxygens (including phenoxy) is 1. The summed E-state index contributed by atoms with van der Waals surface area (Å²) < 4.78 is 9.07. The topological polar surface area (TPSA) is 53.1 Å². The Morgan fingerprint density at radius 1 is 1.53 bits per heavy atom. The van der Waals surface area contributed by atoms with Gasteiger partial charge in [-0.25, -0.2) is 0 Å². The number of nitrogens with zero attached hydrogens (tertiary/aromatic N) is 2. The predicted octanol–water partition coefficient (Wildman–Crippen LogP) is 2.80. The monoisotopic (exact) mass is 329 g/mol. The molecule has 1 aromatic rings. The van der Waals surface area contributed by atoms with Crippen LogP contribution >= 0.6 is 15.9 Å². The zero-order chi connectivity index (χ0) is 14.0. The minimum Gasteiger partial charge on any atom is -0.374 e. The summed E-state index contributed by atoms with van der Waals surface area (Å²) in [6.45, 7) is 7.96. The van der Waals surface area contributed by atoms with Crippen molar-refractivity contribution in [2.75, 3.05) is 6.61 Å². The van der Waals surface area contributed by atoms with Crippen LogP contribution in [0.2, 0.25) is 0 Å². The largest absolute Gasteiger partial charge is 0.374 e. The van der Waals surface area contributed by atoms with E-state index in [-0.39, 0.29) is 11.6 Å². The van der Waals surface area contributed by atoms with Gasteiger partial charge in [0.05, 0.1) is 21.5 Å². The Morgan fingerprint density at radius 3 is 2.84 bits per heavy atom. The Kier molecular flexibility index (Phi) is 4.69. The fraction of sp³-hybridized carbons (Fsp3) is 0.786. The van der Waals surface area contributed by atoms with E-state index in [1.165, 1.54) is 12.1 Å². The van der Waals surface area contributed by atoms with E-state index in [0.717, 1.165) is 42.6 Å². The van der Waals surface area contributed by atoms with Crippen molar-refractivity contribution in [3.8, 4) is 0 Å². The summed E-state index contributed by atoms with van der Waals surface area (Å²) in [5.41, 5.74) is 8.44. The molecule has 1 aliphatic heterocycles. The van der Waals surface area contributed by atoms with Gasteiger partial charge >= 0.3 is 0 Å². The van der Waals surface area contributed by atoms with E-state index in [2.05, 4.69) is 34.9 Å². The Hall–Kier alpha value is -0.390. The summed E-state index contributed by atoms with van der Waals surface area (Å²) in [5.74, 6) is 0. The average Bonchev–Trinajstić information content (AvgIpc) is 2.67. The number of halogens is 1. The smallest absolute Gasteiger partial charge is 0.0808 e. The van der Waals surface area contributed by atoms with Gasteiger partial charge in [-0.3, -0.25) is 4.68 Å². The number of nitrogens with two attached hydrogens (primary N) is 1. The van der Waals surface area contributed by atoms with E-state index in [0.29, 0.717) is 0 Å². The second kappa shape index (κ2) is 5.94. The Morgan fingerprint density at radius 2 is 2.26 bits per heavy atom. The molecule has 0 radical (unpaired) electrons. The van der Waals surface area contributed by atoms with E-state index in [1.807, 2.05) is 11.6 Å². The summed E-state index contributed by atoms with van der Waals surface area (Å²) in [6.07, 6.45) is 4.20. The molecule has 1 aliphatic rings. The van der Waals surface area contributed by atoms with Gasteiger partial charge in [-0.05, 0) is 56.0 Å². The van der Waals surface area contributed by atoms with Crippen LogP contribution in [-0.2, 0) is 17.7 Å². The number of rotatable bonds is 4. The molecule has 0 amide bonds. The van der Waals surface area contributed by atoms with Crippen molar-refractivity contribution in [1.82, 2.24) is 9.78 Å². The zero-order valence-electron chi connectivity index (χ0n) is 12.1. The van der Waals surface area contributed by atoms with Crippen LogP contribution in [0.25, 0.3) is 0 Å². The molecule has 1 fully saturated rings. The molecule has 0 aliphatic carbocycles. The summed E-state index contributed by atoms with van der Waals surface area (Å²) >= 11 is 3.63. The molecular formula is C14H24BrN3O. The highest BCUT2D eigenvalue weighted by molar-refractivity contribution is 9.10. The van der Waals surface area contributed by atoms with E-state index in [1.54, 1.807) is 0 Å². The standard InChI is InChI=1S/C14H24BrN3O/c1-4-18-11(13(15)10(2)17-18)9-12(16)14(3)7-5-6-8-19-14/h12H,4-9,16H2,1-3H3. The molecule has 0 saturated carbocycles. The molecule has 0 aromatic carbocycles. The number of hydrogen-bond acceptors (Lipinski definition) is 3. The molecule has 1 aromatic heterocycles. The molecule has 0 spiro atoms. The van der Waals surface area contributed by atoms with Crippen molar-refractivity contribution in [2.45, 2.75) is 64.6 Å². The lowest BCUT2D eigenvalue weighted by Crippen LogP contribution is -2.51. The zero-order valence-corrected chi connectivity index (χ0v) is 13.7. The van der Waals surface area contributed by atoms with Gasteiger partial charge < -0.3 is 10.5 Å². The van der Waals surface area contributed by atoms with Gasteiger partial charge in [0, 0.05) is 25.6 Å². The molecule has 2 N–H and O–H groups in total. The van der Waals surface area contributed by atoms with Gasteiger partial charge in [0.2, 0.25) is 0 Å². The summed E-state index contributed by atoms with van der Waals surface area (Å²) in [4.78, 5) is 0. The maximum Gasteiger partial charge on any atom is 0.0808 e. The van der Waals surface area contributed by atoms with Crippen LogP contribution < -0.4 is 5.73 Å². The first-order valence-electron chi connectivity index (χ1n) is 7.09. The Balaban J connectivity index is 2.16. The molecule has 4 nitrogen and oxygen atoms in total. The maximum atomic E-state index is 6.43. The van der Waals surface area contributed by atoms with Gasteiger partial charge in [-0.2, -0.15) is 5.10 Å². The number of aryl methyl sites for hydroxylation is 2. The Bertz CT molecular complexity index is 438. The average molecular weight is 330 g/mol. The molecule has 2 atom stereocenters. The van der Waals surface area contributed by atoms with Gasteiger partial charge in [-0.15, -0.1) is 0 Å². The molecule has 5 heteroatoms. The van der Waals surface area contributed by atoms with Gasteiger partial charge in [0.25, 0.3) is 0 Å². The van der Waals surface area contributed by atoms with Crippen LogP contribution in [-0.4, -0.2) is 28.0 Å². The molecule has 0 bridgehead atoms. The second-order valence-electron chi connectivity index (χ2n) is 5.59.